The Morgan fingerprint density at radius 2 is 1.77 bits per heavy atom. The highest BCUT2D eigenvalue weighted by Gasteiger charge is 2.18. The number of hydrogen-bond donors (Lipinski definition) is 4. The minimum absolute atomic E-state index is 0.137. The lowest BCUT2D eigenvalue weighted by molar-refractivity contribution is -0.116. The Morgan fingerprint density at radius 1 is 0.932 bits per heavy atom. The van der Waals surface area contributed by atoms with Gasteiger partial charge in [-0.1, -0.05) is 0 Å². The van der Waals surface area contributed by atoms with Crippen LogP contribution in [0.1, 0.15) is 0 Å². The molecular formula is C31H32FN11O. The molecule has 1 aromatic carbocycles. The molecule has 44 heavy (non-hydrogen) atoms. The predicted octanol–water partition coefficient (Wildman–Crippen LogP) is 4.24. The predicted molar refractivity (Wildman–Crippen MR) is 170 cm³/mol. The molecule has 0 aliphatic rings. The van der Waals surface area contributed by atoms with E-state index in [1.807, 2.05) is 58.5 Å². The lowest BCUT2D eigenvalue weighted by Crippen LogP contribution is -2.27. The highest BCUT2D eigenvalue weighted by Crippen LogP contribution is 2.32. The number of fused-ring (bicyclic) bond motifs is 2. The van der Waals surface area contributed by atoms with Crippen LogP contribution in [0.4, 0.5) is 15.8 Å². The van der Waals surface area contributed by atoms with Gasteiger partial charge in [0.15, 0.2) is 17.2 Å². The minimum Gasteiger partial charge on any atom is -0.384 e. The van der Waals surface area contributed by atoms with Gasteiger partial charge in [0.25, 0.3) is 0 Å². The zero-order chi connectivity index (χ0) is 30.8. The van der Waals surface area contributed by atoms with E-state index in [0.29, 0.717) is 57.4 Å². The van der Waals surface area contributed by atoms with Crippen molar-refractivity contribution in [2.24, 2.45) is 0 Å². The van der Waals surface area contributed by atoms with E-state index < -0.39 is 0 Å². The van der Waals surface area contributed by atoms with Crippen molar-refractivity contribution in [3.8, 4) is 33.9 Å². The second-order valence-corrected chi connectivity index (χ2v) is 11.0. The third-order valence-electron chi connectivity index (χ3n) is 6.89. The Balaban J connectivity index is 1.33. The number of aromatic amines is 2. The van der Waals surface area contributed by atoms with Crippen LogP contribution in [0.15, 0.2) is 61.1 Å². The number of aromatic nitrogens is 7. The second-order valence-electron chi connectivity index (χ2n) is 11.0. The summed E-state index contributed by atoms with van der Waals surface area (Å²) in [5.41, 5.74) is 7.03. The molecule has 12 nitrogen and oxygen atoms in total. The van der Waals surface area contributed by atoms with E-state index in [1.54, 1.807) is 23.5 Å². The fourth-order valence-electron chi connectivity index (χ4n) is 4.89. The number of hydrogen-bond acceptors (Lipinski definition) is 9. The molecule has 0 aliphatic carbocycles. The molecule has 6 aromatic rings. The molecule has 0 bridgehead atoms. The molecule has 0 saturated carbocycles. The molecule has 0 fully saturated rings. The molecule has 0 aliphatic heterocycles. The maximum absolute atomic E-state index is 14.7. The summed E-state index contributed by atoms with van der Waals surface area (Å²) < 4.78 is 14.7. The monoisotopic (exact) mass is 593 g/mol. The number of nitrogens with zero attached hydrogens (tertiary/aromatic N) is 7. The van der Waals surface area contributed by atoms with Crippen molar-refractivity contribution in [2.75, 3.05) is 58.5 Å². The van der Waals surface area contributed by atoms with Gasteiger partial charge in [-0.3, -0.25) is 14.9 Å². The molecule has 224 valence electrons. The number of likely N-dealkylation sites (N-methyl/N-ethyl adjacent to an activating group) is 2. The van der Waals surface area contributed by atoms with Crippen LogP contribution in [-0.2, 0) is 4.79 Å². The van der Waals surface area contributed by atoms with Gasteiger partial charge in [0.1, 0.15) is 16.9 Å². The fourth-order valence-corrected chi connectivity index (χ4v) is 4.89. The smallest absolute Gasteiger partial charge is 0.238 e. The van der Waals surface area contributed by atoms with Crippen LogP contribution in [0.2, 0.25) is 0 Å². The highest BCUT2D eigenvalue weighted by atomic mass is 19.1. The Labute approximate surface area is 252 Å². The molecule has 5 aromatic heterocycles. The first-order valence-corrected chi connectivity index (χ1v) is 14.0. The quantitative estimate of drug-likeness (QED) is 0.183. The summed E-state index contributed by atoms with van der Waals surface area (Å²) in [6.45, 7) is 1.76. The van der Waals surface area contributed by atoms with Gasteiger partial charge in [0.2, 0.25) is 5.91 Å². The number of carbonyl (C=O) groups excluding carboxylic acids is 1. The third kappa shape index (κ3) is 6.23. The molecule has 1 amide bonds. The number of benzene rings is 1. The molecule has 13 heteroatoms. The van der Waals surface area contributed by atoms with Gasteiger partial charge in [-0.2, -0.15) is 5.10 Å². The van der Waals surface area contributed by atoms with Crippen LogP contribution >= 0.6 is 0 Å². The fraction of sp³-hybridized carbons (Fsp3) is 0.226. The second kappa shape index (κ2) is 12.1. The topological polar surface area (TPSA) is 144 Å². The van der Waals surface area contributed by atoms with Gasteiger partial charge in [0.05, 0.1) is 29.6 Å². The van der Waals surface area contributed by atoms with Crippen molar-refractivity contribution in [3.63, 3.8) is 0 Å². The molecule has 0 saturated heterocycles. The van der Waals surface area contributed by atoms with Crippen LogP contribution in [0, 0.1) is 5.82 Å². The first kappa shape index (κ1) is 28.8. The number of H-pyrrole nitrogens is 2. The third-order valence-corrected chi connectivity index (χ3v) is 6.89. The summed E-state index contributed by atoms with van der Waals surface area (Å²) in [5, 5.41) is 13.7. The molecular weight excluding hydrogens is 561 g/mol. The maximum Gasteiger partial charge on any atom is 0.238 e. The number of anilines is 2. The van der Waals surface area contributed by atoms with Crippen molar-refractivity contribution in [1.29, 1.82) is 0 Å². The van der Waals surface area contributed by atoms with E-state index >= 15 is 0 Å². The number of amides is 1. The Morgan fingerprint density at radius 3 is 2.59 bits per heavy atom. The number of rotatable bonds is 10. The van der Waals surface area contributed by atoms with E-state index in [-0.39, 0.29) is 18.3 Å². The normalized spacial score (nSPS) is 11.6. The van der Waals surface area contributed by atoms with E-state index in [1.165, 1.54) is 12.1 Å². The van der Waals surface area contributed by atoms with Gasteiger partial charge >= 0.3 is 0 Å². The zero-order valence-corrected chi connectivity index (χ0v) is 24.8. The van der Waals surface area contributed by atoms with Crippen LogP contribution in [-0.4, -0.2) is 98.6 Å². The lowest BCUT2D eigenvalue weighted by Gasteiger charge is -2.12. The van der Waals surface area contributed by atoms with Crippen molar-refractivity contribution >= 4 is 39.5 Å². The molecule has 6 rings (SSSR count). The largest absolute Gasteiger partial charge is 0.384 e. The Kier molecular flexibility index (Phi) is 7.96. The Bertz CT molecular complexity index is 1960. The molecule has 0 unspecified atom stereocenters. The number of halogens is 1. The first-order chi connectivity index (χ1) is 21.2. The molecule has 0 radical (unpaired) electrons. The number of imidazole rings is 1. The summed E-state index contributed by atoms with van der Waals surface area (Å²) in [7, 11) is 7.64. The van der Waals surface area contributed by atoms with Crippen molar-refractivity contribution in [1.82, 2.24) is 44.9 Å². The summed E-state index contributed by atoms with van der Waals surface area (Å²) in [6, 6.07) is 12.3. The average Bonchev–Trinajstić information content (AvgIpc) is 3.60. The van der Waals surface area contributed by atoms with E-state index in [4.69, 9.17) is 9.97 Å². The summed E-state index contributed by atoms with van der Waals surface area (Å²) in [4.78, 5) is 37.8. The zero-order valence-electron chi connectivity index (χ0n) is 24.8. The van der Waals surface area contributed by atoms with E-state index in [2.05, 4.69) is 40.7 Å². The summed E-state index contributed by atoms with van der Waals surface area (Å²) >= 11 is 0. The van der Waals surface area contributed by atoms with Crippen LogP contribution in [0.25, 0.3) is 56.1 Å². The van der Waals surface area contributed by atoms with Gasteiger partial charge in [-0.05, 0) is 76.2 Å². The van der Waals surface area contributed by atoms with E-state index in [9.17, 15) is 9.18 Å². The highest BCUT2D eigenvalue weighted by molar-refractivity contribution is 5.96. The molecule has 0 atom stereocenters. The van der Waals surface area contributed by atoms with E-state index in [0.717, 1.165) is 23.2 Å². The molecule has 0 spiro atoms. The number of pyridine rings is 3. The van der Waals surface area contributed by atoms with Crippen molar-refractivity contribution in [3.05, 3.63) is 66.9 Å². The van der Waals surface area contributed by atoms with Gasteiger partial charge in [-0.15, -0.1) is 0 Å². The molecule has 5 heterocycles. The maximum atomic E-state index is 14.7. The van der Waals surface area contributed by atoms with Crippen molar-refractivity contribution < 1.29 is 9.18 Å². The number of carbonyl (C=O) groups is 1. The SMILES string of the molecule is CN(C)CCNc1cc(F)cc(-c2ccnc3[nH]c(-c4n[nH]c5ccc(-c6cncc(NC(=O)CN(C)C)c6)nc45)nc23)c1. The average molecular weight is 594 g/mol. The summed E-state index contributed by atoms with van der Waals surface area (Å²) in [5.74, 6) is -0.0109. The first-order valence-electron chi connectivity index (χ1n) is 14.0. The standard InChI is InChI=1S/C31H32FN11O/c1-42(2)10-9-34-21-12-18(11-20(32)14-21)23-7-8-35-30-27(23)38-31(39-30)29-28-25(40-41-29)6-5-24(37-28)19-13-22(16-33-15-19)36-26(44)17-43(3)4/h5-8,11-16,34H,9-10,17H2,1-4H3,(H,36,44)(H,40,41)(H,35,38,39). The molecule has 4 N–H and O–H groups in total. The van der Waals surface area contributed by atoms with Crippen LogP contribution in [0.5, 0.6) is 0 Å². The number of nitrogens with one attached hydrogen (secondary N) is 4. The van der Waals surface area contributed by atoms with Crippen LogP contribution in [0.3, 0.4) is 0 Å². The Hall–Kier alpha value is -5.27. The van der Waals surface area contributed by atoms with Crippen molar-refractivity contribution in [2.45, 2.75) is 0 Å². The van der Waals surface area contributed by atoms with Gasteiger partial charge in [-0.25, -0.2) is 19.3 Å². The van der Waals surface area contributed by atoms with Gasteiger partial charge < -0.3 is 25.4 Å². The van der Waals surface area contributed by atoms with Gasteiger partial charge in [0, 0.05) is 42.3 Å². The van der Waals surface area contributed by atoms with Crippen LogP contribution < -0.4 is 10.6 Å². The lowest BCUT2D eigenvalue weighted by atomic mass is 10.0. The summed E-state index contributed by atoms with van der Waals surface area (Å²) in [6.07, 6.45) is 4.95. The minimum atomic E-state index is -0.346.